The Hall–Kier alpha value is -1.77. The molecule has 2 aromatic heterocycles. The number of nitrogens with zero attached hydrogens (tertiary/aromatic N) is 3. The number of thioether (sulfide) groups is 1. The van der Waals surface area contributed by atoms with E-state index in [0.717, 1.165) is 32.8 Å². The van der Waals surface area contributed by atoms with Crippen molar-refractivity contribution in [3.05, 3.63) is 41.4 Å². The van der Waals surface area contributed by atoms with Crippen molar-refractivity contribution in [1.29, 1.82) is 0 Å². The molecule has 0 aliphatic heterocycles. The van der Waals surface area contributed by atoms with Crippen molar-refractivity contribution in [1.82, 2.24) is 15.2 Å². The quantitative estimate of drug-likeness (QED) is 0.490. The van der Waals surface area contributed by atoms with Gasteiger partial charge in [-0.1, -0.05) is 60.4 Å². The minimum Gasteiger partial charge on any atom is -0.300 e. The van der Waals surface area contributed by atoms with Crippen molar-refractivity contribution in [2.75, 3.05) is 11.1 Å². The van der Waals surface area contributed by atoms with Crippen LogP contribution < -0.4 is 5.32 Å². The molecule has 124 valence electrons. The molecular weight excluding hydrogens is 360 g/mol. The number of thiazole rings is 1. The lowest BCUT2D eigenvalue weighted by molar-refractivity contribution is -0.115. The van der Waals surface area contributed by atoms with Gasteiger partial charge in [-0.15, -0.1) is 21.5 Å². The second-order valence-corrected chi connectivity index (χ2v) is 8.13. The molecule has 0 aliphatic carbocycles. The molecule has 0 saturated heterocycles. The molecular formula is C16H16N4OS3. The number of amides is 1. The molecule has 0 spiro atoms. The summed E-state index contributed by atoms with van der Waals surface area (Å²) in [6, 6.07) is 9.96. The predicted molar refractivity (Wildman–Crippen MR) is 101 cm³/mol. The molecule has 5 nitrogen and oxygen atoms in total. The number of nitrogens with one attached hydrogen (secondary N) is 1. The van der Waals surface area contributed by atoms with E-state index in [1.807, 2.05) is 35.7 Å². The molecule has 1 aromatic carbocycles. The van der Waals surface area contributed by atoms with E-state index in [4.69, 9.17) is 0 Å². The van der Waals surface area contributed by atoms with Crippen LogP contribution in [0.5, 0.6) is 0 Å². The van der Waals surface area contributed by atoms with Crippen LogP contribution in [0.25, 0.3) is 10.6 Å². The van der Waals surface area contributed by atoms with Crippen LogP contribution in [0.4, 0.5) is 5.13 Å². The molecule has 2 heterocycles. The van der Waals surface area contributed by atoms with Gasteiger partial charge in [0.05, 0.1) is 12.1 Å². The fraction of sp³-hybridized carbons (Fsp3) is 0.250. The van der Waals surface area contributed by atoms with E-state index in [1.165, 1.54) is 11.3 Å². The average molecular weight is 377 g/mol. The topological polar surface area (TPSA) is 67.8 Å². The lowest BCUT2D eigenvalue weighted by atomic mass is 10.2. The first-order chi connectivity index (χ1) is 11.7. The molecule has 0 radical (unpaired) electrons. The van der Waals surface area contributed by atoms with Gasteiger partial charge in [0.15, 0.2) is 4.34 Å². The van der Waals surface area contributed by atoms with Crippen LogP contribution >= 0.6 is 34.4 Å². The summed E-state index contributed by atoms with van der Waals surface area (Å²) in [6.07, 6.45) is 1.32. The Morgan fingerprint density at radius 3 is 2.88 bits per heavy atom. The van der Waals surface area contributed by atoms with Gasteiger partial charge in [-0.05, 0) is 6.42 Å². The van der Waals surface area contributed by atoms with Gasteiger partial charge >= 0.3 is 0 Å². The van der Waals surface area contributed by atoms with Crippen LogP contribution in [0.2, 0.25) is 0 Å². The van der Waals surface area contributed by atoms with Crippen molar-refractivity contribution >= 4 is 45.5 Å². The van der Waals surface area contributed by atoms with Crippen molar-refractivity contribution in [2.24, 2.45) is 0 Å². The highest BCUT2D eigenvalue weighted by atomic mass is 32.2. The molecule has 0 fully saturated rings. The van der Waals surface area contributed by atoms with Crippen molar-refractivity contribution in [2.45, 2.75) is 24.1 Å². The maximum atomic E-state index is 12.1. The molecule has 1 N–H and O–H groups in total. The summed E-state index contributed by atoms with van der Waals surface area (Å²) in [5, 5.41) is 14.2. The Labute approximate surface area is 152 Å². The lowest BCUT2D eigenvalue weighted by Gasteiger charge is -1.98. The molecule has 24 heavy (non-hydrogen) atoms. The first-order valence-corrected chi connectivity index (χ1v) is 10.2. The maximum absolute atomic E-state index is 12.1. The smallest absolute Gasteiger partial charge is 0.232 e. The number of carbonyl (C=O) groups excluding carboxylic acids is 1. The number of benzene rings is 1. The fourth-order valence-corrected chi connectivity index (χ4v) is 4.46. The summed E-state index contributed by atoms with van der Waals surface area (Å²) in [7, 11) is 0. The van der Waals surface area contributed by atoms with Crippen LogP contribution in [-0.4, -0.2) is 26.8 Å². The van der Waals surface area contributed by atoms with Crippen LogP contribution in [0, 0.1) is 0 Å². The molecule has 0 unspecified atom stereocenters. The van der Waals surface area contributed by atoms with Gasteiger partial charge in [0.25, 0.3) is 0 Å². The number of carbonyl (C=O) groups is 1. The van der Waals surface area contributed by atoms with Gasteiger partial charge in [-0.25, -0.2) is 4.98 Å². The highest BCUT2D eigenvalue weighted by molar-refractivity contribution is 8.01. The summed E-state index contributed by atoms with van der Waals surface area (Å²) < 4.78 is 0.882. The third kappa shape index (κ3) is 4.62. The Kier molecular flexibility index (Phi) is 5.95. The average Bonchev–Trinajstić information content (AvgIpc) is 3.23. The molecule has 0 saturated carbocycles. The lowest BCUT2D eigenvalue weighted by Crippen LogP contribution is -2.14. The number of rotatable bonds is 7. The van der Waals surface area contributed by atoms with Gasteiger partial charge < -0.3 is 5.32 Å². The van der Waals surface area contributed by atoms with Crippen LogP contribution in [-0.2, 0) is 11.2 Å². The van der Waals surface area contributed by atoms with Crippen molar-refractivity contribution in [3.8, 4) is 10.6 Å². The molecule has 3 rings (SSSR count). The second kappa shape index (κ2) is 8.36. The zero-order valence-corrected chi connectivity index (χ0v) is 15.5. The Balaban J connectivity index is 1.57. The molecule has 8 heteroatoms. The van der Waals surface area contributed by atoms with Gasteiger partial charge in [0, 0.05) is 16.7 Å². The van der Waals surface area contributed by atoms with E-state index >= 15 is 0 Å². The summed E-state index contributed by atoms with van der Waals surface area (Å²) in [5.41, 5.74) is 1.83. The number of aromatic nitrogens is 3. The van der Waals surface area contributed by atoms with E-state index in [0.29, 0.717) is 5.13 Å². The Morgan fingerprint density at radius 1 is 1.25 bits per heavy atom. The molecule has 1 amide bonds. The van der Waals surface area contributed by atoms with E-state index < -0.39 is 0 Å². The minimum atomic E-state index is -0.122. The van der Waals surface area contributed by atoms with E-state index in [9.17, 15) is 4.79 Å². The summed E-state index contributed by atoms with van der Waals surface area (Å²) in [6.45, 7) is 2.12. The zero-order chi connectivity index (χ0) is 16.8. The highest BCUT2D eigenvalue weighted by Gasteiger charge is 2.12. The van der Waals surface area contributed by atoms with Crippen LogP contribution in [0.1, 0.15) is 19.0 Å². The first kappa shape index (κ1) is 17.1. The van der Waals surface area contributed by atoms with Gasteiger partial charge in [-0.2, -0.15) is 0 Å². The molecule has 0 aliphatic rings. The number of hydrogen-bond donors (Lipinski definition) is 1. The Bertz CT molecular complexity index is 801. The van der Waals surface area contributed by atoms with Crippen LogP contribution in [0.3, 0.4) is 0 Å². The third-order valence-electron chi connectivity index (χ3n) is 3.00. The monoisotopic (exact) mass is 376 g/mol. The highest BCUT2D eigenvalue weighted by Crippen LogP contribution is 2.26. The second-order valence-electron chi connectivity index (χ2n) is 4.96. The standard InChI is InChI=1S/C16H16N4OS3/c1-2-8-22-16-20-19-15(24-16)18-13(21)9-12-10-23-14(17-12)11-6-4-3-5-7-11/h3-7,10H,2,8-9H2,1H3,(H,18,19,21). The maximum Gasteiger partial charge on any atom is 0.232 e. The van der Waals surface area contributed by atoms with E-state index in [2.05, 4.69) is 27.4 Å². The first-order valence-electron chi connectivity index (χ1n) is 7.50. The van der Waals surface area contributed by atoms with Gasteiger partial charge in [0.1, 0.15) is 5.01 Å². The number of hydrogen-bond acceptors (Lipinski definition) is 7. The van der Waals surface area contributed by atoms with E-state index in [1.54, 1.807) is 23.1 Å². The largest absolute Gasteiger partial charge is 0.300 e. The summed E-state index contributed by atoms with van der Waals surface area (Å²) in [5.74, 6) is 0.882. The van der Waals surface area contributed by atoms with Gasteiger partial charge in [0.2, 0.25) is 11.0 Å². The Morgan fingerprint density at radius 2 is 2.08 bits per heavy atom. The van der Waals surface area contributed by atoms with Crippen molar-refractivity contribution < 1.29 is 4.79 Å². The van der Waals surface area contributed by atoms with Crippen molar-refractivity contribution in [3.63, 3.8) is 0 Å². The summed E-state index contributed by atoms with van der Waals surface area (Å²) >= 11 is 4.61. The fourth-order valence-electron chi connectivity index (χ4n) is 1.94. The van der Waals surface area contributed by atoms with Gasteiger partial charge in [-0.3, -0.25) is 4.79 Å². The van der Waals surface area contributed by atoms with E-state index in [-0.39, 0.29) is 12.3 Å². The predicted octanol–water partition coefficient (Wildman–Crippen LogP) is 4.34. The molecule has 3 aromatic rings. The number of anilines is 1. The molecule has 0 bridgehead atoms. The third-order valence-corrected chi connectivity index (χ3v) is 6.11. The van der Waals surface area contributed by atoms with Crippen LogP contribution in [0.15, 0.2) is 40.1 Å². The molecule has 0 atom stereocenters. The summed E-state index contributed by atoms with van der Waals surface area (Å²) in [4.78, 5) is 16.7. The zero-order valence-electron chi connectivity index (χ0n) is 13.1. The SMILES string of the molecule is CCCSc1nnc(NC(=O)Cc2csc(-c3ccccc3)n2)s1. The normalized spacial score (nSPS) is 10.7. The minimum absolute atomic E-state index is 0.122.